The van der Waals surface area contributed by atoms with Gasteiger partial charge in [-0.15, -0.1) is 0 Å². The van der Waals surface area contributed by atoms with E-state index in [1.165, 1.54) is 5.56 Å². The van der Waals surface area contributed by atoms with E-state index in [0.29, 0.717) is 6.54 Å². The van der Waals surface area contributed by atoms with Gasteiger partial charge in [0.1, 0.15) is 0 Å². The fourth-order valence-corrected chi connectivity index (χ4v) is 2.26. The van der Waals surface area contributed by atoms with Gasteiger partial charge in [0.2, 0.25) is 0 Å². The Balaban J connectivity index is 2.00. The van der Waals surface area contributed by atoms with Gasteiger partial charge in [-0.3, -0.25) is 0 Å². The van der Waals surface area contributed by atoms with Crippen LogP contribution in [0.3, 0.4) is 0 Å². The van der Waals surface area contributed by atoms with Gasteiger partial charge in [0.15, 0.2) is 0 Å². The summed E-state index contributed by atoms with van der Waals surface area (Å²) in [6, 6.07) is 16.5. The van der Waals surface area contributed by atoms with E-state index in [2.05, 4.69) is 42.3 Å². The molecule has 0 aliphatic rings. The molecule has 0 unspecified atom stereocenters. The van der Waals surface area contributed by atoms with Gasteiger partial charge in [-0.2, -0.15) is 0 Å². The van der Waals surface area contributed by atoms with Crippen molar-refractivity contribution < 1.29 is 0 Å². The van der Waals surface area contributed by atoms with Crippen molar-refractivity contribution in [3.05, 3.63) is 64.7 Å². The van der Waals surface area contributed by atoms with E-state index in [0.717, 1.165) is 29.2 Å². The summed E-state index contributed by atoms with van der Waals surface area (Å²) < 4.78 is 0. The number of likely N-dealkylation sites (N-methyl/N-ethyl adjacent to an activating group) is 1. The smallest absolute Gasteiger partial charge is 0.0471 e. The van der Waals surface area contributed by atoms with E-state index in [1.54, 1.807) is 0 Å². The van der Waals surface area contributed by atoms with Crippen molar-refractivity contribution in [1.29, 1.82) is 0 Å². The molecule has 0 spiro atoms. The summed E-state index contributed by atoms with van der Waals surface area (Å²) in [5, 5.41) is 0.742. The Labute approximate surface area is 119 Å². The number of anilines is 1. The molecule has 0 aromatic heterocycles. The summed E-state index contributed by atoms with van der Waals surface area (Å²) in [7, 11) is 2.08. The first kappa shape index (κ1) is 13.9. The average Bonchev–Trinajstić information content (AvgIpc) is 2.45. The van der Waals surface area contributed by atoms with Crippen molar-refractivity contribution in [2.75, 3.05) is 18.5 Å². The quantitative estimate of drug-likeness (QED) is 0.904. The minimum atomic E-state index is 0.479. The van der Waals surface area contributed by atoms with E-state index in [9.17, 15) is 0 Å². The second-order valence-corrected chi connectivity index (χ2v) is 5.04. The minimum Gasteiger partial charge on any atom is -0.374 e. The molecule has 100 valence electrons. The molecule has 0 fully saturated rings. The maximum Gasteiger partial charge on any atom is 0.0471 e. The van der Waals surface area contributed by atoms with Crippen LogP contribution in [0.15, 0.2) is 48.5 Å². The Morgan fingerprint density at radius 2 is 1.84 bits per heavy atom. The third-order valence-corrected chi connectivity index (χ3v) is 3.63. The fourth-order valence-electron chi connectivity index (χ4n) is 2.01. The number of rotatable bonds is 5. The fraction of sp³-hybridized carbons (Fsp3) is 0.250. The Morgan fingerprint density at radius 1 is 1.11 bits per heavy atom. The molecule has 2 N–H and O–H groups in total. The van der Waals surface area contributed by atoms with Gasteiger partial charge in [0.25, 0.3) is 0 Å². The molecule has 0 aliphatic carbocycles. The van der Waals surface area contributed by atoms with Gasteiger partial charge < -0.3 is 10.6 Å². The first-order valence-corrected chi connectivity index (χ1v) is 6.82. The largest absolute Gasteiger partial charge is 0.374 e. The topological polar surface area (TPSA) is 29.3 Å². The third-order valence-electron chi connectivity index (χ3n) is 3.28. The summed E-state index contributed by atoms with van der Waals surface area (Å²) in [5.74, 6) is 0. The first-order chi connectivity index (χ1) is 9.20. The van der Waals surface area contributed by atoms with Gasteiger partial charge in [-0.05, 0) is 29.7 Å². The highest BCUT2D eigenvalue weighted by Crippen LogP contribution is 2.23. The lowest BCUT2D eigenvalue weighted by molar-refractivity contribution is 0.876. The van der Waals surface area contributed by atoms with Crippen LogP contribution in [0.2, 0.25) is 5.02 Å². The summed E-state index contributed by atoms with van der Waals surface area (Å²) in [6.45, 7) is 1.44. The van der Waals surface area contributed by atoms with Gasteiger partial charge in [-0.1, -0.05) is 48.0 Å². The summed E-state index contributed by atoms with van der Waals surface area (Å²) in [4.78, 5) is 2.21. The Morgan fingerprint density at radius 3 is 2.47 bits per heavy atom. The van der Waals surface area contributed by atoms with E-state index in [-0.39, 0.29) is 0 Å². The van der Waals surface area contributed by atoms with Crippen LogP contribution in [-0.4, -0.2) is 13.6 Å². The van der Waals surface area contributed by atoms with Crippen LogP contribution >= 0.6 is 11.6 Å². The molecule has 0 bridgehead atoms. The highest BCUT2D eigenvalue weighted by molar-refractivity contribution is 6.31. The van der Waals surface area contributed by atoms with Gasteiger partial charge in [0.05, 0.1) is 0 Å². The second kappa shape index (κ2) is 6.60. The van der Waals surface area contributed by atoms with Crippen LogP contribution in [0.1, 0.15) is 11.1 Å². The van der Waals surface area contributed by atoms with Crippen molar-refractivity contribution in [3.63, 3.8) is 0 Å². The van der Waals surface area contributed by atoms with Crippen LogP contribution in [0.4, 0.5) is 5.69 Å². The highest BCUT2D eigenvalue weighted by Gasteiger charge is 2.05. The van der Waals surface area contributed by atoms with Crippen molar-refractivity contribution in [2.45, 2.75) is 13.0 Å². The minimum absolute atomic E-state index is 0.479. The molecule has 2 aromatic rings. The number of hydrogen-bond acceptors (Lipinski definition) is 2. The lowest BCUT2D eigenvalue weighted by Crippen LogP contribution is -2.20. The average molecular weight is 275 g/mol. The van der Waals surface area contributed by atoms with Crippen molar-refractivity contribution >= 4 is 17.3 Å². The van der Waals surface area contributed by atoms with Crippen molar-refractivity contribution in [1.82, 2.24) is 0 Å². The normalized spacial score (nSPS) is 10.5. The monoisotopic (exact) mass is 274 g/mol. The van der Waals surface area contributed by atoms with Crippen LogP contribution in [-0.2, 0) is 13.0 Å². The third kappa shape index (κ3) is 3.72. The zero-order valence-electron chi connectivity index (χ0n) is 11.1. The van der Waals surface area contributed by atoms with Crippen molar-refractivity contribution in [3.8, 4) is 0 Å². The number of benzene rings is 2. The lowest BCUT2D eigenvalue weighted by atomic mass is 10.1. The Hall–Kier alpha value is -1.51. The van der Waals surface area contributed by atoms with Crippen LogP contribution in [0.5, 0.6) is 0 Å². The molecule has 2 aromatic carbocycles. The zero-order valence-corrected chi connectivity index (χ0v) is 11.9. The number of nitrogens with zero attached hydrogens (tertiary/aromatic N) is 1. The molecular formula is C16H19ClN2. The van der Waals surface area contributed by atoms with Gasteiger partial charge in [-0.25, -0.2) is 0 Å². The molecule has 0 saturated carbocycles. The molecular weight excluding hydrogens is 256 g/mol. The number of hydrogen-bond donors (Lipinski definition) is 1. The van der Waals surface area contributed by atoms with Crippen molar-refractivity contribution in [2.24, 2.45) is 5.73 Å². The second-order valence-electron chi connectivity index (χ2n) is 4.64. The Bertz CT molecular complexity index is 526. The molecule has 0 aliphatic heterocycles. The Kier molecular flexibility index (Phi) is 4.83. The summed E-state index contributed by atoms with van der Waals surface area (Å²) >= 11 is 6.18. The molecule has 0 amide bonds. The van der Waals surface area contributed by atoms with Crippen LogP contribution < -0.4 is 10.6 Å². The molecule has 19 heavy (non-hydrogen) atoms. The van der Waals surface area contributed by atoms with Crippen LogP contribution in [0, 0.1) is 0 Å². The maximum atomic E-state index is 6.18. The number of nitrogens with two attached hydrogens (primary N) is 1. The molecule has 0 radical (unpaired) electrons. The maximum absolute atomic E-state index is 6.18. The molecule has 2 nitrogen and oxygen atoms in total. The van der Waals surface area contributed by atoms with E-state index in [1.807, 2.05) is 18.2 Å². The zero-order chi connectivity index (χ0) is 13.7. The summed E-state index contributed by atoms with van der Waals surface area (Å²) in [5.41, 5.74) is 9.07. The number of halogens is 1. The molecule has 0 heterocycles. The van der Waals surface area contributed by atoms with E-state index < -0.39 is 0 Å². The van der Waals surface area contributed by atoms with E-state index >= 15 is 0 Å². The predicted molar refractivity (Wildman–Crippen MR) is 82.8 cm³/mol. The van der Waals surface area contributed by atoms with Gasteiger partial charge in [0, 0.05) is 30.8 Å². The molecule has 0 saturated heterocycles. The highest BCUT2D eigenvalue weighted by atomic mass is 35.5. The first-order valence-electron chi connectivity index (χ1n) is 6.44. The molecule has 3 heteroatoms. The van der Waals surface area contributed by atoms with Crippen LogP contribution in [0.25, 0.3) is 0 Å². The molecule has 2 rings (SSSR count). The molecule has 0 atom stereocenters. The van der Waals surface area contributed by atoms with Gasteiger partial charge >= 0.3 is 0 Å². The van der Waals surface area contributed by atoms with E-state index in [4.69, 9.17) is 17.3 Å². The lowest BCUT2D eigenvalue weighted by Gasteiger charge is -2.20. The standard InChI is InChI=1S/C16H19ClN2/c1-19(10-9-13-5-3-2-4-6-13)15-8-7-14(12-18)16(17)11-15/h2-8,11H,9-10,12,18H2,1H3. The predicted octanol–water partition coefficient (Wildman–Crippen LogP) is 3.48. The summed E-state index contributed by atoms with van der Waals surface area (Å²) in [6.07, 6.45) is 1.02. The SMILES string of the molecule is CN(CCc1ccccc1)c1ccc(CN)c(Cl)c1.